The number of nitrogens with zero attached hydrogens (tertiary/aromatic N) is 2. The van der Waals surface area contributed by atoms with Crippen molar-refractivity contribution in [3.05, 3.63) is 34.9 Å². The molecular weight excluding hydrogens is 373 g/mol. The highest BCUT2D eigenvalue weighted by atomic mass is 35.5. The molecule has 2 heterocycles. The van der Waals surface area contributed by atoms with Gasteiger partial charge in [-0.3, -0.25) is 9.69 Å². The van der Waals surface area contributed by atoms with Gasteiger partial charge in [0.25, 0.3) is 0 Å². The number of halogens is 2. The van der Waals surface area contributed by atoms with Crippen LogP contribution in [0.3, 0.4) is 0 Å². The number of carbonyl (C=O) groups is 1. The van der Waals surface area contributed by atoms with Crippen LogP contribution in [0.2, 0.25) is 5.02 Å². The van der Waals surface area contributed by atoms with Crippen molar-refractivity contribution in [3.8, 4) is 0 Å². The summed E-state index contributed by atoms with van der Waals surface area (Å²) in [5.41, 5.74) is 0.944. The lowest BCUT2D eigenvalue weighted by Crippen LogP contribution is -2.55. The summed E-state index contributed by atoms with van der Waals surface area (Å²) in [4.78, 5) is 16.8. The van der Waals surface area contributed by atoms with Crippen molar-refractivity contribution in [1.82, 2.24) is 15.1 Å². The SMILES string of the molecule is CC1(C)COC(c2ccccc2Cl)CN1CCC(=O)N1CCNCC1.Cl. The van der Waals surface area contributed by atoms with Gasteiger partial charge in [-0.25, -0.2) is 0 Å². The normalized spacial score (nSPS) is 23.3. The van der Waals surface area contributed by atoms with Gasteiger partial charge in [-0.1, -0.05) is 29.8 Å². The number of piperazine rings is 1. The van der Waals surface area contributed by atoms with Crippen LogP contribution in [0.15, 0.2) is 24.3 Å². The fraction of sp³-hybridized carbons (Fsp3) is 0.632. The molecule has 1 atom stereocenters. The van der Waals surface area contributed by atoms with Crippen LogP contribution in [0.4, 0.5) is 0 Å². The summed E-state index contributed by atoms with van der Waals surface area (Å²) >= 11 is 6.34. The van der Waals surface area contributed by atoms with Crippen LogP contribution in [0.1, 0.15) is 31.9 Å². The monoisotopic (exact) mass is 401 g/mol. The molecule has 146 valence electrons. The third-order valence-electron chi connectivity index (χ3n) is 5.20. The van der Waals surface area contributed by atoms with Gasteiger partial charge in [0.1, 0.15) is 0 Å². The van der Waals surface area contributed by atoms with E-state index in [9.17, 15) is 4.79 Å². The maximum Gasteiger partial charge on any atom is 0.223 e. The zero-order chi connectivity index (χ0) is 17.9. The van der Waals surface area contributed by atoms with Gasteiger partial charge in [-0.05, 0) is 19.9 Å². The smallest absolute Gasteiger partial charge is 0.223 e. The van der Waals surface area contributed by atoms with Crippen molar-refractivity contribution < 1.29 is 9.53 Å². The van der Waals surface area contributed by atoms with E-state index in [-0.39, 0.29) is 30.0 Å². The fourth-order valence-corrected chi connectivity index (χ4v) is 3.77. The number of nitrogens with one attached hydrogen (secondary N) is 1. The van der Waals surface area contributed by atoms with Gasteiger partial charge >= 0.3 is 0 Å². The van der Waals surface area contributed by atoms with Gasteiger partial charge in [-0.2, -0.15) is 0 Å². The number of morpholine rings is 1. The Kier molecular flexibility index (Phi) is 7.74. The quantitative estimate of drug-likeness (QED) is 0.842. The lowest BCUT2D eigenvalue weighted by atomic mass is 9.97. The van der Waals surface area contributed by atoms with E-state index in [1.807, 2.05) is 29.2 Å². The molecule has 1 unspecified atom stereocenters. The molecule has 0 bridgehead atoms. The molecule has 3 rings (SSSR count). The molecule has 1 aromatic rings. The Bertz CT molecular complexity index is 606. The van der Waals surface area contributed by atoms with Gasteiger partial charge in [-0.15, -0.1) is 12.4 Å². The topological polar surface area (TPSA) is 44.8 Å². The van der Waals surface area contributed by atoms with E-state index in [0.29, 0.717) is 13.0 Å². The maximum absolute atomic E-state index is 12.5. The first-order valence-electron chi connectivity index (χ1n) is 9.07. The second-order valence-electron chi connectivity index (χ2n) is 7.46. The summed E-state index contributed by atoms with van der Waals surface area (Å²) in [5.74, 6) is 0.248. The van der Waals surface area contributed by atoms with Gasteiger partial charge in [0.15, 0.2) is 0 Å². The lowest BCUT2D eigenvalue weighted by Gasteiger charge is -2.45. The molecule has 2 aliphatic rings. The number of benzene rings is 1. The van der Waals surface area contributed by atoms with Crippen molar-refractivity contribution in [1.29, 1.82) is 0 Å². The van der Waals surface area contributed by atoms with Crippen LogP contribution < -0.4 is 5.32 Å². The molecule has 0 aliphatic carbocycles. The number of hydrogen-bond donors (Lipinski definition) is 1. The number of ether oxygens (including phenoxy) is 1. The van der Waals surface area contributed by atoms with Gasteiger partial charge < -0.3 is 15.0 Å². The molecular formula is C19H29Cl2N3O2. The third-order valence-corrected chi connectivity index (χ3v) is 5.54. The molecule has 5 nitrogen and oxygen atoms in total. The highest BCUT2D eigenvalue weighted by molar-refractivity contribution is 6.31. The first-order valence-corrected chi connectivity index (χ1v) is 9.45. The molecule has 2 fully saturated rings. The Morgan fingerprint density at radius 1 is 1.31 bits per heavy atom. The van der Waals surface area contributed by atoms with Gasteiger partial charge in [0.2, 0.25) is 5.91 Å². The Morgan fingerprint density at radius 3 is 2.69 bits per heavy atom. The number of rotatable bonds is 4. The van der Waals surface area contributed by atoms with Crippen LogP contribution in [0.5, 0.6) is 0 Å². The molecule has 1 amide bonds. The summed E-state index contributed by atoms with van der Waals surface area (Å²) in [6.07, 6.45) is 0.509. The minimum Gasteiger partial charge on any atom is -0.370 e. The van der Waals surface area contributed by atoms with Crippen molar-refractivity contribution in [2.45, 2.75) is 31.9 Å². The zero-order valence-electron chi connectivity index (χ0n) is 15.5. The van der Waals surface area contributed by atoms with E-state index >= 15 is 0 Å². The minimum absolute atomic E-state index is 0. The average Bonchev–Trinajstić information content (AvgIpc) is 2.62. The van der Waals surface area contributed by atoms with Crippen molar-refractivity contribution in [2.75, 3.05) is 45.9 Å². The van der Waals surface area contributed by atoms with Crippen LogP contribution in [0, 0.1) is 0 Å². The Balaban J connectivity index is 0.00000243. The van der Waals surface area contributed by atoms with Gasteiger partial charge in [0, 0.05) is 61.8 Å². The molecule has 0 radical (unpaired) electrons. The summed E-state index contributed by atoms with van der Waals surface area (Å²) < 4.78 is 6.08. The van der Waals surface area contributed by atoms with Crippen LogP contribution in [-0.2, 0) is 9.53 Å². The summed E-state index contributed by atoms with van der Waals surface area (Å²) in [6, 6.07) is 7.85. The summed E-state index contributed by atoms with van der Waals surface area (Å²) in [7, 11) is 0. The van der Waals surface area contributed by atoms with E-state index in [2.05, 4.69) is 24.1 Å². The largest absolute Gasteiger partial charge is 0.370 e. The molecule has 1 aromatic carbocycles. The molecule has 2 saturated heterocycles. The Hall–Kier alpha value is -0.850. The molecule has 0 saturated carbocycles. The van der Waals surface area contributed by atoms with Crippen molar-refractivity contribution >= 4 is 29.9 Å². The number of hydrogen-bond acceptors (Lipinski definition) is 4. The predicted octanol–water partition coefficient (Wildman–Crippen LogP) is 2.74. The molecule has 0 spiro atoms. The Morgan fingerprint density at radius 2 is 2.00 bits per heavy atom. The van der Waals surface area contributed by atoms with Gasteiger partial charge in [0.05, 0.1) is 12.7 Å². The van der Waals surface area contributed by atoms with Crippen molar-refractivity contribution in [2.24, 2.45) is 0 Å². The Labute approximate surface area is 167 Å². The number of carbonyl (C=O) groups excluding carboxylic acids is 1. The molecule has 1 N–H and O–H groups in total. The predicted molar refractivity (Wildman–Crippen MR) is 107 cm³/mol. The van der Waals surface area contributed by atoms with Crippen LogP contribution in [-0.4, -0.2) is 67.1 Å². The second kappa shape index (κ2) is 9.38. The van der Waals surface area contributed by atoms with E-state index in [1.54, 1.807) is 0 Å². The summed E-state index contributed by atoms with van der Waals surface area (Å²) in [6.45, 7) is 9.89. The van der Waals surface area contributed by atoms with Crippen LogP contribution in [0.25, 0.3) is 0 Å². The third kappa shape index (κ3) is 5.11. The standard InChI is InChI=1S/C19H28ClN3O2.ClH/c1-19(2)14-25-17(15-5-3-4-6-16(15)20)13-23(19)10-7-18(24)22-11-8-21-9-12-22;/h3-6,17,21H,7-14H2,1-2H3;1H. The first kappa shape index (κ1) is 21.5. The van der Waals surface area contributed by atoms with Crippen molar-refractivity contribution in [3.63, 3.8) is 0 Å². The second-order valence-corrected chi connectivity index (χ2v) is 7.87. The number of amides is 1. The molecule has 26 heavy (non-hydrogen) atoms. The van der Waals surface area contributed by atoms with E-state index in [0.717, 1.165) is 49.9 Å². The highest BCUT2D eigenvalue weighted by Crippen LogP contribution is 2.33. The summed E-state index contributed by atoms with van der Waals surface area (Å²) in [5, 5.41) is 4.02. The zero-order valence-corrected chi connectivity index (χ0v) is 17.1. The van der Waals surface area contributed by atoms with E-state index < -0.39 is 0 Å². The molecule has 0 aromatic heterocycles. The van der Waals surface area contributed by atoms with E-state index in [4.69, 9.17) is 16.3 Å². The molecule has 2 aliphatic heterocycles. The minimum atomic E-state index is -0.0819. The fourth-order valence-electron chi connectivity index (χ4n) is 3.52. The average molecular weight is 402 g/mol. The van der Waals surface area contributed by atoms with Crippen LogP contribution >= 0.6 is 24.0 Å². The lowest BCUT2D eigenvalue weighted by molar-refractivity contribution is -0.135. The highest BCUT2D eigenvalue weighted by Gasteiger charge is 2.36. The first-order chi connectivity index (χ1) is 12.0. The maximum atomic E-state index is 12.5. The molecule has 7 heteroatoms. The van der Waals surface area contributed by atoms with E-state index in [1.165, 1.54) is 0 Å².